The summed E-state index contributed by atoms with van der Waals surface area (Å²) in [4.78, 5) is 41.4. The number of phenols is 1. The first-order chi connectivity index (χ1) is 20.1. The van der Waals surface area contributed by atoms with Gasteiger partial charge in [-0.15, -0.1) is 0 Å². The number of aliphatic imine (C=N–C) groups is 1. The van der Waals surface area contributed by atoms with Gasteiger partial charge in [-0.1, -0.05) is 17.7 Å². The first-order valence-corrected chi connectivity index (χ1v) is 13.8. The molecule has 2 aromatic rings. The van der Waals surface area contributed by atoms with Gasteiger partial charge in [0.2, 0.25) is 5.91 Å². The number of β-amino-alcohol motifs (C(OH)–C–C–N with tert-alkyl or cyclic N) is 1. The quantitative estimate of drug-likeness (QED) is 0.193. The molecule has 2 aliphatic rings. The van der Waals surface area contributed by atoms with E-state index in [4.69, 9.17) is 16.3 Å². The van der Waals surface area contributed by atoms with Crippen LogP contribution in [0.25, 0.3) is 0 Å². The average Bonchev–Trinajstić information content (AvgIpc) is 2.96. The molecule has 0 saturated carbocycles. The van der Waals surface area contributed by atoms with E-state index in [0.717, 1.165) is 5.56 Å². The summed E-state index contributed by atoms with van der Waals surface area (Å²) >= 11 is 6.39. The lowest BCUT2D eigenvalue weighted by Crippen LogP contribution is -2.42. The number of carbonyl (C=O) groups excluding carboxylic acids is 2. The van der Waals surface area contributed by atoms with Crippen LogP contribution in [0.5, 0.6) is 5.75 Å². The van der Waals surface area contributed by atoms with Crippen molar-refractivity contribution in [1.29, 1.82) is 0 Å². The highest BCUT2D eigenvalue weighted by atomic mass is 35.5. The van der Waals surface area contributed by atoms with Gasteiger partial charge in [0.25, 0.3) is 5.91 Å². The van der Waals surface area contributed by atoms with Gasteiger partial charge >= 0.3 is 5.97 Å². The standard InChI is InChI=1S/C28H34ClN5O8/c29-19-6-16(5-18(9-19)28(15-35)1-3-42-4-2-28)23(11-25(39)40)34-24(38)14-30-26(41)17-7-20(10-21(36)8-17)33-27-31-12-22(37)13-32-27/h5-10,22-23,35-37H,1-4,11-15H2,(H,30,41)(H,34,38)(H,39,40)(H2,31,32,33). The van der Waals surface area contributed by atoms with Crippen molar-refractivity contribution in [3.63, 3.8) is 0 Å². The second-order valence-corrected chi connectivity index (χ2v) is 10.8. The molecule has 8 N–H and O–H groups in total. The van der Waals surface area contributed by atoms with Crippen molar-refractivity contribution in [2.45, 2.75) is 36.8 Å². The van der Waals surface area contributed by atoms with Gasteiger partial charge in [-0.25, -0.2) is 0 Å². The third-order valence-corrected chi connectivity index (χ3v) is 7.44. The maximum Gasteiger partial charge on any atom is 0.305 e. The van der Waals surface area contributed by atoms with E-state index < -0.39 is 48.3 Å². The Morgan fingerprint density at radius 1 is 1.14 bits per heavy atom. The number of hydrogen-bond acceptors (Lipinski definition) is 10. The van der Waals surface area contributed by atoms with Crippen LogP contribution in [0.4, 0.5) is 5.69 Å². The number of benzene rings is 2. The monoisotopic (exact) mass is 603 g/mol. The first-order valence-electron chi connectivity index (χ1n) is 13.4. The van der Waals surface area contributed by atoms with Gasteiger partial charge in [0.15, 0.2) is 5.96 Å². The fourth-order valence-corrected chi connectivity index (χ4v) is 5.16. The van der Waals surface area contributed by atoms with Crippen molar-refractivity contribution in [2.24, 2.45) is 4.99 Å². The minimum absolute atomic E-state index is 0.0640. The molecule has 1 saturated heterocycles. The smallest absolute Gasteiger partial charge is 0.305 e. The molecular weight excluding hydrogens is 570 g/mol. The molecular formula is C28H34ClN5O8. The molecule has 0 spiro atoms. The second-order valence-electron chi connectivity index (χ2n) is 10.3. The van der Waals surface area contributed by atoms with Crippen LogP contribution in [-0.2, 0) is 19.7 Å². The van der Waals surface area contributed by atoms with Crippen molar-refractivity contribution in [2.75, 3.05) is 44.8 Å². The van der Waals surface area contributed by atoms with Gasteiger partial charge in [0, 0.05) is 47.5 Å². The molecule has 13 nitrogen and oxygen atoms in total. The van der Waals surface area contributed by atoms with Crippen LogP contribution in [0.15, 0.2) is 41.4 Å². The van der Waals surface area contributed by atoms with E-state index in [2.05, 4.69) is 26.3 Å². The number of guanidine groups is 1. The molecule has 2 amide bonds. The van der Waals surface area contributed by atoms with E-state index in [1.165, 1.54) is 18.2 Å². The Hall–Kier alpha value is -3.91. The van der Waals surface area contributed by atoms with E-state index in [0.29, 0.717) is 54.8 Å². The predicted octanol–water partition coefficient (Wildman–Crippen LogP) is 0.880. The van der Waals surface area contributed by atoms with Crippen LogP contribution in [-0.4, -0.2) is 89.7 Å². The first kappa shape index (κ1) is 31.0. The molecule has 14 heteroatoms. The highest BCUT2D eigenvalue weighted by Gasteiger charge is 2.35. The number of amides is 2. The van der Waals surface area contributed by atoms with Gasteiger partial charge in [-0.3, -0.25) is 19.4 Å². The Bertz CT molecular complexity index is 1350. The molecule has 2 aromatic carbocycles. The lowest BCUT2D eigenvalue weighted by molar-refractivity contribution is -0.137. The topological polar surface area (TPSA) is 202 Å². The number of carbonyl (C=O) groups is 3. The molecule has 2 aliphatic heterocycles. The Kier molecular flexibility index (Phi) is 10.2. The molecule has 226 valence electrons. The highest BCUT2D eigenvalue weighted by molar-refractivity contribution is 6.30. The summed E-state index contributed by atoms with van der Waals surface area (Å²) in [6.07, 6.45) is 0.0781. The molecule has 1 fully saturated rings. The third kappa shape index (κ3) is 8.10. The van der Waals surface area contributed by atoms with Crippen molar-refractivity contribution in [3.05, 3.63) is 58.1 Å². The number of aromatic hydroxyl groups is 1. The third-order valence-electron chi connectivity index (χ3n) is 7.22. The largest absolute Gasteiger partial charge is 0.508 e. The molecule has 42 heavy (non-hydrogen) atoms. The normalized spacial score (nSPS) is 18.6. The number of nitrogens with zero attached hydrogens (tertiary/aromatic N) is 1. The van der Waals surface area contributed by atoms with Gasteiger partial charge in [0.05, 0.1) is 38.3 Å². The summed E-state index contributed by atoms with van der Waals surface area (Å²) < 4.78 is 5.44. The van der Waals surface area contributed by atoms with Gasteiger partial charge < -0.3 is 46.4 Å². The van der Waals surface area contributed by atoms with E-state index >= 15 is 0 Å². The van der Waals surface area contributed by atoms with Crippen LogP contribution in [0, 0.1) is 0 Å². The van der Waals surface area contributed by atoms with Crippen LogP contribution in [0.1, 0.15) is 46.8 Å². The van der Waals surface area contributed by atoms with Crippen molar-refractivity contribution >= 4 is 41.0 Å². The van der Waals surface area contributed by atoms with Gasteiger partial charge in [-0.2, -0.15) is 0 Å². The molecule has 2 atom stereocenters. The number of ether oxygens (including phenoxy) is 1. The van der Waals surface area contributed by atoms with Crippen LogP contribution >= 0.6 is 11.6 Å². The lowest BCUT2D eigenvalue weighted by atomic mass is 9.74. The number of aliphatic carboxylic acids is 1. The number of phenolic OH excluding ortho intramolecular Hbond substituents is 1. The number of aliphatic hydroxyl groups excluding tert-OH is 2. The number of nitrogens with one attached hydrogen (secondary N) is 4. The zero-order valence-corrected chi connectivity index (χ0v) is 23.5. The Morgan fingerprint density at radius 3 is 2.57 bits per heavy atom. The molecule has 0 radical (unpaired) electrons. The molecule has 0 aliphatic carbocycles. The van der Waals surface area contributed by atoms with Crippen LogP contribution in [0.2, 0.25) is 5.02 Å². The zero-order chi connectivity index (χ0) is 30.3. The summed E-state index contributed by atoms with van der Waals surface area (Å²) in [6.45, 7) is 0.813. The second kappa shape index (κ2) is 13.8. The zero-order valence-electron chi connectivity index (χ0n) is 22.7. The van der Waals surface area contributed by atoms with Crippen molar-refractivity contribution in [3.8, 4) is 5.75 Å². The number of anilines is 1. The maximum atomic E-state index is 12.8. The lowest BCUT2D eigenvalue weighted by Gasteiger charge is -2.36. The molecule has 0 aromatic heterocycles. The number of carboxylic acid groups (broad SMARTS) is 1. The van der Waals surface area contributed by atoms with E-state index in [1.54, 1.807) is 18.2 Å². The fourth-order valence-electron chi connectivity index (χ4n) is 4.92. The fraction of sp³-hybridized carbons (Fsp3) is 0.429. The number of halogens is 1. The Balaban J connectivity index is 1.43. The predicted molar refractivity (Wildman–Crippen MR) is 154 cm³/mol. The summed E-state index contributed by atoms with van der Waals surface area (Å²) in [7, 11) is 0. The SMILES string of the molecule is O=C(O)CC(NC(=O)CNC(=O)c1cc(O)cc(NC2=NCC(O)CN2)c1)c1cc(Cl)cc(C2(CO)CCOCC2)c1. The van der Waals surface area contributed by atoms with Crippen LogP contribution in [0.3, 0.4) is 0 Å². The van der Waals surface area contributed by atoms with Crippen molar-refractivity contribution < 1.29 is 39.5 Å². The van der Waals surface area contributed by atoms with E-state index in [-0.39, 0.29) is 24.5 Å². The number of hydrogen-bond donors (Lipinski definition) is 8. The van der Waals surface area contributed by atoms with E-state index in [1.807, 2.05) is 0 Å². The average molecular weight is 604 g/mol. The molecule has 4 rings (SSSR count). The molecule has 2 unspecified atom stereocenters. The van der Waals surface area contributed by atoms with Gasteiger partial charge in [0.1, 0.15) is 5.75 Å². The molecule has 2 heterocycles. The number of carboxylic acids is 1. The maximum absolute atomic E-state index is 12.8. The molecule has 0 bridgehead atoms. The summed E-state index contributed by atoms with van der Waals surface area (Å²) in [5.41, 5.74) is 1.01. The number of aliphatic hydroxyl groups is 2. The number of rotatable bonds is 10. The summed E-state index contributed by atoms with van der Waals surface area (Å²) in [5.74, 6) is -2.28. The summed E-state index contributed by atoms with van der Waals surface area (Å²) in [6, 6.07) is 8.14. The minimum atomic E-state index is -1.15. The van der Waals surface area contributed by atoms with E-state index in [9.17, 15) is 34.8 Å². The van der Waals surface area contributed by atoms with Crippen molar-refractivity contribution in [1.82, 2.24) is 16.0 Å². The van der Waals surface area contributed by atoms with Crippen LogP contribution < -0.4 is 21.3 Å². The minimum Gasteiger partial charge on any atom is -0.508 e. The highest BCUT2D eigenvalue weighted by Crippen LogP contribution is 2.37. The summed E-state index contributed by atoms with van der Waals surface area (Å²) in [5, 5.41) is 50.7. The Labute approximate surface area is 246 Å². The van der Waals surface area contributed by atoms with Gasteiger partial charge in [-0.05, 0) is 48.2 Å². The Morgan fingerprint density at radius 2 is 1.90 bits per heavy atom.